The minimum Gasteiger partial charge on any atom is -0.469 e. The van der Waals surface area contributed by atoms with Crippen LogP contribution in [0.1, 0.15) is 64.0 Å². The normalized spacial score (nSPS) is 16.6. The van der Waals surface area contributed by atoms with Crippen LogP contribution in [-0.2, 0) is 20.7 Å². The van der Waals surface area contributed by atoms with Gasteiger partial charge >= 0.3 is 12.1 Å². The molecule has 0 aromatic heterocycles. The topological polar surface area (TPSA) is 55.8 Å². The summed E-state index contributed by atoms with van der Waals surface area (Å²) in [6.45, 7) is 8.95. The molecule has 156 valence electrons. The van der Waals surface area contributed by atoms with E-state index < -0.39 is 5.60 Å². The van der Waals surface area contributed by atoms with Gasteiger partial charge in [-0.05, 0) is 75.6 Å². The number of amides is 1. The van der Waals surface area contributed by atoms with Gasteiger partial charge in [0.1, 0.15) is 5.60 Å². The van der Waals surface area contributed by atoms with Gasteiger partial charge in [-0.2, -0.15) is 0 Å². The third-order valence-corrected chi connectivity index (χ3v) is 5.42. The van der Waals surface area contributed by atoms with Crippen LogP contribution in [0.15, 0.2) is 18.2 Å². The first-order valence-corrected chi connectivity index (χ1v) is 10.4. The Morgan fingerprint density at radius 3 is 2.43 bits per heavy atom. The number of esters is 1. The van der Waals surface area contributed by atoms with E-state index in [9.17, 15) is 9.59 Å². The van der Waals surface area contributed by atoms with Crippen molar-refractivity contribution in [2.75, 3.05) is 20.2 Å². The lowest BCUT2D eigenvalue weighted by Gasteiger charge is -2.34. The Balaban J connectivity index is 2.10. The van der Waals surface area contributed by atoms with Crippen molar-refractivity contribution in [1.29, 1.82) is 0 Å². The van der Waals surface area contributed by atoms with Crippen molar-refractivity contribution in [1.82, 2.24) is 4.90 Å². The number of hydrogen-bond acceptors (Lipinski definition) is 4. The molecular weight excluding hydrogens is 378 g/mol. The van der Waals surface area contributed by atoms with Crippen molar-refractivity contribution >= 4 is 23.7 Å². The van der Waals surface area contributed by atoms with E-state index >= 15 is 0 Å². The lowest BCUT2D eigenvalue weighted by atomic mass is 9.83. The molecule has 1 unspecified atom stereocenters. The second-order valence-electron chi connectivity index (χ2n) is 8.42. The summed E-state index contributed by atoms with van der Waals surface area (Å²) < 4.78 is 10.4. The lowest BCUT2D eigenvalue weighted by molar-refractivity contribution is -0.145. The predicted molar refractivity (Wildman–Crippen MR) is 111 cm³/mol. The number of carbonyl (C=O) groups excluding carboxylic acids is 2. The van der Waals surface area contributed by atoms with Crippen molar-refractivity contribution < 1.29 is 19.1 Å². The molecule has 0 N–H and O–H groups in total. The van der Waals surface area contributed by atoms with Crippen LogP contribution >= 0.6 is 11.6 Å². The summed E-state index contributed by atoms with van der Waals surface area (Å²) in [7, 11) is 1.43. The van der Waals surface area contributed by atoms with E-state index in [0.717, 1.165) is 24.8 Å². The molecule has 0 aliphatic carbocycles. The minimum atomic E-state index is -0.486. The highest BCUT2D eigenvalue weighted by atomic mass is 35.5. The number of hydrogen-bond donors (Lipinski definition) is 0. The molecular formula is C22H32ClNO4. The van der Waals surface area contributed by atoms with Gasteiger partial charge in [-0.3, -0.25) is 4.79 Å². The molecule has 0 radical (unpaired) electrons. The van der Waals surface area contributed by atoms with Crippen LogP contribution in [0.5, 0.6) is 0 Å². The second kappa shape index (κ2) is 9.64. The molecule has 5 nitrogen and oxygen atoms in total. The number of likely N-dealkylation sites (tertiary alicyclic amines) is 1. The Kier molecular flexibility index (Phi) is 7.76. The average Bonchev–Trinajstić information content (AvgIpc) is 2.64. The molecule has 1 atom stereocenters. The number of piperidine rings is 1. The molecule has 1 aliphatic heterocycles. The van der Waals surface area contributed by atoms with E-state index in [0.29, 0.717) is 30.5 Å². The molecule has 6 heteroatoms. The standard InChI is InChI=1S/C22H32ClNO4/c1-6-15(20(25)27-5)13-17-14-18(23)7-8-19(17)16-9-11-24(12-10-16)21(26)28-22(2,3)4/h7-8,14-16H,6,9-13H2,1-5H3. The predicted octanol–water partition coefficient (Wildman–Crippen LogP) is 5.20. The second-order valence-corrected chi connectivity index (χ2v) is 8.85. The Labute approximate surface area is 173 Å². The Hall–Kier alpha value is -1.75. The van der Waals surface area contributed by atoms with Gasteiger partial charge in [-0.1, -0.05) is 24.6 Å². The van der Waals surface area contributed by atoms with Crippen molar-refractivity contribution in [3.63, 3.8) is 0 Å². The monoisotopic (exact) mass is 409 g/mol. The molecule has 28 heavy (non-hydrogen) atoms. The van der Waals surface area contributed by atoms with Gasteiger partial charge in [0.25, 0.3) is 0 Å². The summed E-state index contributed by atoms with van der Waals surface area (Å²) >= 11 is 6.24. The van der Waals surface area contributed by atoms with E-state index in [4.69, 9.17) is 21.1 Å². The number of halogens is 1. The maximum Gasteiger partial charge on any atom is 0.410 e. The number of carbonyl (C=O) groups is 2. The fraction of sp³-hybridized carbons (Fsp3) is 0.636. The fourth-order valence-electron chi connectivity index (χ4n) is 3.68. The van der Waals surface area contributed by atoms with Gasteiger partial charge in [0.05, 0.1) is 13.0 Å². The first-order chi connectivity index (χ1) is 13.1. The van der Waals surface area contributed by atoms with E-state index in [1.807, 2.05) is 39.8 Å². The number of nitrogens with zero attached hydrogens (tertiary/aromatic N) is 1. The summed E-state index contributed by atoms with van der Waals surface area (Å²) in [5.74, 6) is -0.0293. The SMILES string of the molecule is CCC(Cc1cc(Cl)ccc1C1CCN(C(=O)OC(C)(C)C)CC1)C(=O)OC. The number of ether oxygens (including phenoxy) is 2. The minimum absolute atomic E-state index is 0.177. The maximum atomic E-state index is 12.3. The van der Waals surface area contributed by atoms with Crippen molar-refractivity contribution in [3.8, 4) is 0 Å². The van der Waals surface area contributed by atoms with Gasteiger partial charge in [-0.25, -0.2) is 4.79 Å². The van der Waals surface area contributed by atoms with Crippen LogP contribution < -0.4 is 0 Å². The summed E-state index contributed by atoms with van der Waals surface area (Å²) in [5, 5.41) is 0.671. The lowest BCUT2D eigenvalue weighted by Crippen LogP contribution is -2.41. The third-order valence-electron chi connectivity index (χ3n) is 5.19. The van der Waals surface area contributed by atoms with E-state index in [1.165, 1.54) is 12.7 Å². The Bertz CT molecular complexity index is 690. The Morgan fingerprint density at radius 2 is 1.89 bits per heavy atom. The van der Waals surface area contributed by atoms with Crippen molar-refractivity contribution in [2.24, 2.45) is 5.92 Å². The van der Waals surface area contributed by atoms with Crippen LogP contribution in [0.4, 0.5) is 4.79 Å². The van der Waals surface area contributed by atoms with Crippen LogP contribution in [0.2, 0.25) is 5.02 Å². The molecule has 1 aromatic carbocycles. The molecule has 1 saturated heterocycles. The summed E-state index contributed by atoms with van der Waals surface area (Å²) in [5.41, 5.74) is 1.83. The highest BCUT2D eigenvalue weighted by Gasteiger charge is 2.29. The zero-order valence-electron chi connectivity index (χ0n) is 17.6. The van der Waals surface area contributed by atoms with E-state index in [-0.39, 0.29) is 18.0 Å². The number of methoxy groups -OCH3 is 1. The van der Waals surface area contributed by atoms with Gasteiger partial charge < -0.3 is 14.4 Å². The molecule has 2 rings (SSSR count). The van der Waals surface area contributed by atoms with Crippen molar-refractivity contribution in [2.45, 2.75) is 64.9 Å². The Morgan fingerprint density at radius 1 is 1.25 bits per heavy atom. The quantitative estimate of drug-likeness (QED) is 0.627. The van der Waals surface area contributed by atoms with Crippen molar-refractivity contribution in [3.05, 3.63) is 34.3 Å². The molecule has 1 heterocycles. The number of rotatable bonds is 5. The summed E-state index contributed by atoms with van der Waals surface area (Å²) in [6, 6.07) is 5.93. The average molecular weight is 410 g/mol. The summed E-state index contributed by atoms with van der Waals surface area (Å²) in [4.78, 5) is 26.1. The van der Waals surface area contributed by atoms with Gasteiger partial charge in [0.2, 0.25) is 0 Å². The zero-order chi connectivity index (χ0) is 20.9. The highest BCUT2D eigenvalue weighted by Crippen LogP contribution is 2.34. The highest BCUT2D eigenvalue weighted by molar-refractivity contribution is 6.30. The van der Waals surface area contributed by atoms with E-state index in [2.05, 4.69) is 6.07 Å². The molecule has 0 bridgehead atoms. The van der Waals surface area contributed by atoms with Gasteiger partial charge in [0.15, 0.2) is 0 Å². The first kappa shape index (κ1) is 22.5. The molecule has 1 aromatic rings. The third kappa shape index (κ3) is 6.13. The number of benzene rings is 1. The smallest absolute Gasteiger partial charge is 0.410 e. The molecule has 1 aliphatic rings. The van der Waals surface area contributed by atoms with Crippen LogP contribution in [0.3, 0.4) is 0 Å². The first-order valence-electron chi connectivity index (χ1n) is 9.98. The summed E-state index contributed by atoms with van der Waals surface area (Å²) in [6.07, 6.45) is 2.81. The van der Waals surface area contributed by atoms with Crippen LogP contribution in [0.25, 0.3) is 0 Å². The fourth-order valence-corrected chi connectivity index (χ4v) is 3.87. The van der Waals surface area contributed by atoms with Crippen LogP contribution in [-0.4, -0.2) is 42.8 Å². The zero-order valence-corrected chi connectivity index (χ0v) is 18.3. The molecule has 0 spiro atoms. The molecule has 1 fully saturated rings. The van der Waals surface area contributed by atoms with Gasteiger partial charge in [0, 0.05) is 18.1 Å². The van der Waals surface area contributed by atoms with E-state index in [1.54, 1.807) is 4.90 Å². The van der Waals surface area contributed by atoms with Gasteiger partial charge in [-0.15, -0.1) is 0 Å². The maximum absolute atomic E-state index is 12.3. The molecule has 0 saturated carbocycles. The van der Waals surface area contributed by atoms with Crippen LogP contribution in [0, 0.1) is 5.92 Å². The molecule has 1 amide bonds. The largest absolute Gasteiger partial charge is 0.469 e.